The predicted molar refractivity (Wildman–Crippen MR) is 87.4 cm³/mol. The van der Waals surface area contributed by atoms with E-state index in [0.717, 1.165) is 31.2 Å². The minimum atomic E-state index is 0.360. The Morgan fingerprint density at radius 2 is 2.35 bits per heavy atom. The second-order valence-corrected chi connectivity index (χ2v) is 7.01. The van der Waals surface area contributed by atoms with Crippen LogP contribution in [0.4, 0.5) is 0 Å². The van der Waals surface area contributed by atoms with Gasteiger partial charge in [-0.3, -0.25) is 9.98 Å². The first-order chi connectivity index (χ1) is 9.72. The summed E-state index contributed by atoms with van der Waals surface area (Å²) in [7, 11) is 1.82. The molecule has 2 heterocycles. The van der Waals surface area contributed by atoms with Crippen molar-refractivity contribution in [2.24, 2.45) is 4.99 Å². The fourth-order valence-electron chi connectivity index (χ4n) is 2.32. The van der Waals surface area contributed by atoms with Crippen LogP contribution in [0.25, 0.3) is 0 Å². The number of hydrogen-bond acceptors (Lipinski definition) is 3. The summed E-state index contributed by atoms with van der Waals surface area (Å²) in [5, 5.41) is 6.78. The number of aromatic nitrogens is 1. The van der Waals surface area contributed by atoms with Gasteiger partial charge in [0.1, 0.15) is 0 Å². The van der Waals surface area contributed by atoms with Gasteiger partial charge in [0.25, 0.3) is 0 Å². The highest BCUT2D eigenvalue weighted by Crippen LogP contribution is 2.36. The highest BCUT2D eigenvalue weighted by atomic mass is 32.2. The van der Waals surface area contributed by atoms with Crippen molar-refractivity contribution in [3.8, 4) is 0 Å². The van der Waals surface area contributed by atoms with Crippen molar-refractivity contribution < 1.29 is 0 Å². The lowest BCUT2D eigenvalue weighted by Crippen LogP contribution is -2.44. The van der Waals surface area contributed by atoms with E-state index >= 15 is 0 Å². The molecule has 0 radical (unpaired) electrons. The Balaban J connectivity index is 1.70. The Morgan fingerprint density at radius 3 is 3.00 bits per heavy atom. The van der Waals surface area contributed by atoms with Crippen LogP contribution in [0.3, 0.4) is 0 Å². The molecule has 1 aromatic heterocycles. The highest BCUT2D eigenvalue weighted by Gasteiger charge is 2.29. The lowest BCUT2D eigenvalue weighted by Gasteiger charge is -2.24. The zero-order valence-corrected chi connectivity index (χ0v) is 13.2. The molecule has 110 valence electrons. The number of thioether (sulfide) groups is 1. The number of pyridine rings is 1. The Bertz CT molecular complexity index is 427. The van der Waals surface area contributed by atoms with Gasteiger partial charge in [-0.15, -0.1) is 0 Å². The molecule has 2 rings (SSSR count). The van der Waals surface area contributed by atoms with Crippen molar-refractivity contribution in [2.75, 3.05) is 25.9 Å². The molecule has 1 unspecified atom stereocenters. The van der Waals surface area contributed by atoms with Crippen LogP contribution in [0, 0.1) is 0 Å². The summed E-state index contributed by atoms with van der Waals surface area (Å²) < 4.78 is 0.360. The Morgan fingerprint density at radius 1 is 1.45 bits per heavy atom. The van der Waals surface area contributed by atoms with E-state index in [2.05, 4.69) is 39.3 Å². The molecule has 0 saturated carbocycles. The molecule has 1 aliphatic rings. The van der Waals surface area contributed by atoms with E-state index in [-0.39, 0.29) is 0 Å². The molecule has 5 heteroatoms. The van der Waals surface area contributed by atoms with Gasteiger partial charge in [0.15, 0.2) is 5.96 Å². The van der Waals surface area contributed by atoms with Crippen LogP contribution in [0.15, 0.2) is 29.4 Å². The van der Waals surface area contributed by atoms with E-state index in [0.29, 0.717) is 4.75 Å². The van der Waals surface area contributed by atoms with Crippen molar-refractivity contribution in [1.29, 1.82) is 0 Å². The predicted octanol–water partition coefficient (Wildman–Crippen LogP) is 2.07. The average Bonchev–Trinajstić information content (AvgIpc) is 2.91. The minimum Gasteiger partial charge on any atom is -0.356 e. The molecular formula is C15H24N4S. The minimum absolute atomic E-state index is 0.360. The van der Waals surface area contributed by atoms with E-state index < -0.39 is 0 Å². The van der Waals surface area contributed by atoms with Crippen molar-refractivity contribution >= 4 is 17.7 Å². The van der Waals surface area contributed by atoms with E-state index in [9.17, 15) is 0 Å². The Labute approximate surface area is 125 Å². The maximum atomic E-state index is 4.32. The Kier molecular flexibility index (Phi) is 5.71. The first-order valence-corrected chi connectivity index (χ1v) is 8.19. The lowest BCUT2D eigenvalue weighted by atomic mass is 10.1. The van der Waals surface area contributed by atoms with Gasteiger partial charge in [0, 0.05) is 43.2 Å². The second kappa shape index (κ2) is 7.53. The molecule has 0 aromatic carbocycles. The first-order valence-electron chi connectivity index (χ1n) is 7.20. The molecule has 1 fully saturated rings. The molecule has 0 aliphatic carbocycles. The van der Waals surface area contributed by atoms with Crippen LogP contribution in [-0.2, 0) is 6.42 Å². The summed E-state index contributed by atoms with van der Waals surface area (Å²) in [5.74, 6) is 2.17. The fourth-order valence-corrected chi connectivity index (χ4v) is 3.57. The number of guanidine groups is 1. The third-order valence-electron chi connectivity index (χ3n) is 3.55. The number of aliphatic imine (C=N–C) groups is 1. The van der Waals surface area contributed by atoms with E-state index in [1.165, 1.54) is 18.6 Å². The monoisotopic (exact) mass is 292 g/mol. The SMILES string of the molecule is CN=C(NCCc1ccccn1)NCC1(C)CCCS1. The Hall–Kier alpha value is -1.23. The number of hydrogen-bond donors (Lipinski definition) is 2. The lowest BCUT2D eigenvalue weighted by molar-refractivity contribution is 0.584. The fraction of sp³-hybridized carbons (Fsp3) is 0.600. The quantitative estimate of drug-likeness (QED) is 0.644. The van der Waals surface area contributed by atoms with Crippen molar-refractivity contribution in [2.45, 2.75) is 30.9 Å². The smallest absolute Gasteiger partial charge is 0.191 e. The number of nitrogens with one attached hydrogen (secondary N) is 2. The summed E-state index contributed by atoms with van der Waals surface area (Å²) in [4.78, 5) is 8.59. The largest absolute Gasteiger partial charge is 0.356 e. The molecule has 1 aliphatic heterocycles. The molecule has 20 heavy (non-hydrogen) atoms. The summed E-state index contributed by atoms with van der Waals surface area (Å²) >= 11 is 2.06. The molecule has 4 nitrogen and oxygen atoms in total. The van der Waals surface area contributed by atoms with Crippen LogP contribution in [0.5, 0.6) is 0 Å². The molecule has 2 N–H and O–H groups in total. The van der Waals surface area contributed by atoms with Gasteiger partial charge in [0.05, 0.1) is 0 Å². The van der Waals surface area contributed by atoms with Gasteiger partial charge in [0.2, 0.25) is 0 Å². The first kappa shape index (κ1) is 15.2. The standard InChI is InChI=1S/C15H24N4S/c1-15(8-5-11-20-15)12-19-14(16-2)18-10-7-13-6-3-4-9-17-13/h3-4,6,9H,5,7-8,10-12H2,1-2H3,(H2,16,18,19). The van der Waals surface area contributed by atoms with Gasteiger partial charge in [-0.2, -0.15) is 11.8 Å². The molecule has 0 spiro atoms. The summed E-state index contributed by atoms with van der Waals surface area (Å²) in [5.41, 5.74) is 1.11. The van der Waals surface area contributed by atoms with Crippen LogP contribution >= 0.6 is 11.8 Å². The van der Waals surface area contributed by atoms with Gasteiger partial charge >= 0.3 is 0 Å². The molecule has 1 atom stereocenters. The molecule has 0 bridgehead atoms. The van der Waals surface area contributed by atoms with Gasteiger partial charge in [-0.25, -0.2) is 0 Å². The number of nitrogens with zero attached hydrogens (tertiary/aromatic N) is 2. The van der Waals surface area contributed by atoms with Crippen LogP contribution < -0.4 is 10.6 Å². The third kappa shape index (κ3) is 4.71. The van der Waals surface area contributed by atoms with Gasteiger partial charge in [-0.05, 0) is 37.7 Å². The van der Waals surface area contributed by atoms with E-state index in [1.807, 2.05) is 31.4 Å². The van der Waals surface area contributed by atoms with Crippen LogP contribution in [0.2, 0.25) is 0 Å². The second-order valence-electron chi connectivity index (χ2n) is 5.33. The number of rotatable bonds is 5. The molecule has 1 saturated heterocycles. The van der Waals surface area contributed by atoms with Crippen molar-refractivity contribution in [3.63, 3.8) is 0 Å². The van der Waals surface area contributed by atoms with Gasteiger partial charge in [-0.1, -0.05) is 6.07 Å². The normalized spacial score (nSPS) is 22.8. The van der Waals surface area contributed by atoms with Crippen LogP contribution in [0.1, 0.15) is 25.5 Å². The molecular weight excluding hydrogens is 268 g/mol. The zero-order chi connectivity index (χ0) is 14.3. The topological polar surface area (TPSA) is 49.3 Å². The third-order valence-corrected chi connectivity index (χ3v) is 5.09. The van der Waals surface area contributed by atoms with Crippen molar-refractivity contribution in [3.05, 3.63) is 30.1 Å². The van der Waals surface area contributed by atoms with Crippen LogP contribution in [-0.4, -0.2) is 41.6 Å². The zero-order valence-electron chi connectivity index (χ0n) is 12.4. The maximum absolute atomic E-state index is 4.32. The summed E-state index contributed by atoms with van der Waals surface area (Å²) in [6.07, 6.45) is 5.36. The summed E-state index contributed by atoms with van der Waals surface area (Å²) in [6.45, 7) is 4.15. The summed E-state index contributed by atoms with van der Waals surface area (Å²) in [6, 6.07) is 6.01. The van der Waals surface area contributed by atoms with Crippen molar-refractivity contribution in [1.82, 2.24) is 15.6 Å². The van der Waals surface area contributed by atoms with Gasteiger partial charge < -0.3 is 10.6 Å². The maximum Gasteiger partial charge on any atom is 0.191 e. The van der Waals surface area contributed by atoms with E-state index in [4.69, 9.17) is 0 Å². The molecule has 1 aromatic rings. The van der Waals surface area contributed by atoms with E-state index in [1.54, 1.807) is 0 Å². The average molecular weight is 292 g/mol. The molecule has 0 amide bonds. The highest BCUT2D eigenvalue weighted by molar-refractivity contribution is 8.00.